The molecule has 3 aromatic rings. The monoisotopic (exact) mass is 552 g/mol. The van der Waals surface area contributed by atoms with Gasteiger partial charge in [-0.1, -0.05) is 57.1 Å². The number of halogens is 1. The van der Waals surface area contributed by atoms with Gasteiger partial charge in [0.05, 0.1) is 3.70 Å². The number of nitrogens with zero attached hydrogens (tertiary/aromatic N) is 3. The molecule has 2 aliphatic heterocycles. The van der Waals surface area contributed by atoms with Crippen molar-refractivity contribution in [2.45, 2.75) is 19.4 Å². The summed E-state index contributed by atoms with van der Waals surface area (Å²) in [6, 6.07) is 15.1. The Hall–Kier alpha value is -2.59. The Balaban J connectivity index is 1.24. The minimum Gasteiger partial charge on any atom is -0.508 e. The topological polar surface area (TPSA) is 73.5 Å². The minimum absolute atomic E-state index is 0.297. The van der Waals surface area contributed by atoms with Crippen LogP contribution in [0.15, 0.2) is 60.8 Å². The van der Waals surface area contributed by atoms with E-state index < -0.39 is 20.7 Å². The zero-order chi connectivity index (χ0) is 22.8. The summed E-state index contributed by atoms with van der Waals surface area (Å²) < 4.78 is 4.11. The molecule has 0 atom stereocenters. The highest BCUT2D eigenvalue weighted by Crippen LogP contribution is 2.29. The maximum Gasteiger partial charge on any atom is 0.129 e. The van der Waals surface area contributed by atoms with Gasteiger partial charge in [-0.2, -0.15) is 5.10 Å². The maximum absolute atomic E-state index is 10.4. The van der Waals surface area contributed by atoms with E-state index in [9.17, 15) is 10.2 Å². The number of aromatic nitrogens is 2. The van der Waals surface area contributed by atoms with Gasteiger partial charge in [-0.25, -0.2) is 4.68 Å². The number of nitrogens with one attached hydrogen (secondary N) is 1. The number of phenols is 2. The Morgan fingerprint density at radius 1 is 1.03 bits per heavy atom. The molecular weight excluding hydrogens is 526 g/mol. The lowest BCUT2D eigenvalue weighted by Gasteiger charge is -2.32. The van der Waals surface area contributed by atoms with Gasteiger partial charge >= 0.3 is 0 Å². The fourth-order valence-electron chi connectivity index (χ4n) is 4.33. The third kappa shape index (κ3) is 4.86. The van der Waals surface area contributed by atoms with Gasteiger partial charge in [-0.15, -0.1) is 0 Å². The van der Waals surface area contributed by atoms with E-state index >= 15 is 0 Å². The smallest absolute Gasteiger partial charge is 0.129 e. The van der Waals surface area contributed by atoms with Crippen molar-refractivity contribution in [2.75, 3.05) is 19.6 Å². The first-order chi connectivity index (χ1) is 16.1. The van der Waals surface area contributed by atoms with Crippen LogP contribution < -0.4 is 10.8 Å². The zero-order valence-corrected chi connectivity index (χ0v) is 20.4. The van der Waals surface area contributed by atoms with Crippen molar-refractivity contribution in [3.8, 4) is 11.5 Å². The molecule has 3 N–H and O–H groups in total. The lowest BCUT2D eigenvalue weighted by Crippen LogP contribution is -2.37. The van der Waals surface area contributed by atoms with Crippen LogP contribution in [0, 0.1) is 9.62 Å². The summed E-state index contributed by atoms with van der Waals surface area (Å²) in [6.45, 7) is 3.68. The third-order valence-corrected chi connectivity index (χ3v) is 9.31. The van der Waals surface area contributed by atoms with Crippen molar-refractivity contribution in [1.29, 1.82) is 0 Å². The number of likely N-dealkylation sites (tertiary alicyclic amines) is 1. The van der Waals surface area contributed by atoms with E-state index in [-0.39, 0.29) is 0 Å². The molecule has 8 heteroatoms. The molecular formula is C25H26BIN4O2. The van der Waals surface area contributed by atoms with Crippen molar-refractivity contribution in [3.05, 3.63) is 75.6 Å². The van der Waals surface area contributed by atoms with Crippen molar-refractivity contribution in [3.63, 3.8) is 0 Å². The Kier molecular flexibility index (Phi) is 6.55. The number of hydrogen-bond donors (Lipinski definition) is 3. The van der Waals surface area contributed by atoms with Gasteiger partial charge in [0.2, 0.25) is 0 Å². The Morgan fingerprint density at radius 3 is 2.52 bits per heavy atom. The Bertz CT molecular complexity index is 1210. The molecule has 2 aliphatic rings. The first-order valence-corrected chi connectivity index (χ1v) is 13.3. The summed E-state index contributed by atoms with van der Waals surface area (Å²) in [4.78, 5) is 2.41. The normalized spacial score (nSPS) is 17.0. The fourth-order valence-corrected chi connectivity index (χ4v) is 7.14. The number of fused-ring (bicyclic) bond motifs is 1. The van der Waals surface area contributed by atoms with Gasteiger partial charge in [0.25, 0.3) is 0 Å². The summed E-state index contributed by atoms with van der Waals surface area (Å²) in [6.07, 6.45) is 6.04. The predicted molar refractivity (Wildman–Crippen MR) is 141 cm³/mol. The number of benzene rings is 2. The van der Waals surface area contributed by atoms with E-state index in [4.69, 9.17) is 7.85 Å². The number of hydrogen-bond acceptors (Lipinski definition) is 5. The molecule has 5 rings (SSSR count). The molecule has 0 saturated carbocycles. The van der Waals surface area contributed by atoms with Crippen LogP contribution in [-0.2, 0) is 6.54 Å². The van der Waals surface area contributed by atoms with Crippen LogP contribution in [0.4, 0.5) is 0 Å². The molecule has 0 amide bonds. The molecule has 6 nitrogen and oxygen atoms in total. The van der Waals surface area contributed by atoms with E-state index in [1.54, 1.807) is 18.3 Å². The standard InChI is InChI=1S/C25H26BIN4O2/c26-20-15-29-31-24(13-21(27-25(20)31)19-6-2-4-8-23(19)33)28-14-17-9-11-30(12-10-17)16-18-5-1-3-7-22(18)32/h1-8,13,15,17,28,32-33H,9-12,14,16H2. The Labute approximate surface area is 205 Å². The number of piperidine rings is 1. The third-order valence-electron chi connectivity index (χ3n) is 6.25. The molecule has 1 aromatic heterocycles. The fraction of sp³-hybridized carbons (Fsp3) is 0.280. The highest BCUT2D eigenvalue weighted by atomic mass is 127. The SMILES string of the molecule is [B]c1cnn2c1I=C(c1ccccc1O)C=C2NCC1CCN(Cc2ccccc2O)CC1. The molecule has 0 aliphatic carbocycles. The van der Waals surface area contributed by atoms with E-state index in [1.165, 1.54) is 0 Å². The molecule has 2 radical (unpaired) electrons. The summed E-state index contributed by atoms with van der Waals surface area (Å²) >= 11 is -0.550. The van der Waals surface area contributed by atoms with Crippen molar-refractivity contribution in [2.24, 2.45) is 5.92 Å². The lowest BCUT2D eigenvalue weighted by molar-refractivity contribution is 0.176. The molecule has 33 heavy (non-hydrogen) atoms. The predicted octanol–water partition coefficient (Wildman–Crippen LogP) is 2.76. The molecule has 0 spiro atoms. The average molecular weight is 552 g/mol. The van der Waals surface area contributed by atoms with Crippen LogP contribution >= 0.6 is 20.7 Å². The number of allylic oxidation sites excluding steroid dienone is 1. The summed E-state index contributed by atoms with van der Waals surface area (Å²) in [5, 5.41) is 28.5. The second-order valence-electron chi connectivity index (χ2n) is 8.52. The molecule has 2 aromatic carbocycles. The molecule has 3 heterocycles. The van der Waals surface area contributed by atoms with Crippen LogP contribution in [0.5, 0.6) is 11.5 Å². The second kappa shape index (κ2) is 9.73. The van der Waals surface area contributed by atoms with Crippen molar-refractivity contribution >= 4 is 43.4 Å². The average Bonchev–Trinajstić information content (AvgIpc) is 3.21. The second-order valence-corrected chi connectivity index (χ2v) is 11.2. The van der Waals surface area contributed by atoms with Crippen molar-refractivity contribution in [1.82, 2.24) is 20.0 Å². The van der Waals surface area contributed by atoms with Crippen LogP contribution in [0.1, 0.15) is 24.0 Å². The van der Waals surface area contributed by atoms with Gasteiger partial charge in [0, 0.05) is 33.9 Å². The van der Waals surface area contributed by atoms with Gasteiger partial charge in [0.15, 0.2) is 0 Å². The first kappa shape index (κ1) is 22.2. The van der Waals surface area contributed by atoms with Crippen molar-refractivity contribution < 1.29 is 10.2 Å². The van der Waals surface area contributed by atoms with Gasteiger partial charge < -0.3 is 15.5 Å². The van der Waals surface area contributed by atoms with Gasteiger partial charge in [-0.05, 0) is 55.5 Å². The number of phenolic OH excluding ortho intramolecular Hbond substituents is 2. The molecule has 168 valence electrons. The number of rotatable bonds is 6. The summed E-state index contributed by atoms with van der Waals surface area (Å²) in [5.41, 5.74) is 2.57. The van der Waals surface area contributed by atoms with Crippen LogP contribution in [-0.4, -0.2) is 55.9 Å². The molecule has 0 bridgehead atoms. The van der Waals surface area contributed by atoms with Gasteiger partial charge in [-0.3, -0.25) is 4.90 Å². The number of aromatic hydroxyl groups is 2. The highest BCUT2D eigenvalue weighted by Gasteiger charge is 2.22. The zero-order valence-electron chi connectivity index (χ0n) is 18.3. The minimum atomic E-state index is -0.550. The van der Waals surface area contributed by atoms with E-state index in [0.717, 1.165) is 63.2 Å². The number of para-hydroxylation sites is 2. The first-order valence-electron chi connectivity index (χ1n) is 11.2. The van der Waals surface area contributed by atoms with E-state index in [0.29, 0.717) is 22.9 Å². The van der Waals surface area contributed by atoms with Crippen LogP contribution in [0.25, 0.3) is 5.82 Å². The van der Waals surface area contributed by atoms with Crippen LogP contribution in [0.3, 0.4) is 0 Å². The summed E-state index contributed by atoms with van der Waals surface area (Å²) in [5.74, 6) is 2.15. The largest absolute Gasteiger partial charge is 0.508 e. The molecule has 1 saturated heterocycles. The Morgan fingerprint density at radius 2 is 1.76 bits per heavy atom. The lowest BCUT2D eigenvalue weighted by atomic mass is 9.96. The highest BCUT2D eigenvalue weighted by molar-refractivity contribution is 14.2. The quantitative estimate of drug-likeness (QED) is 0.324. The molecule has 0 unspecified atom stereocenters. The van der Waals surface area contributed by atoms with E-state index in [1.807, 2.05) is 41.1 Å². The molecule has 1 fully saturated rings. The van der Waals surface area contributed by atoms with E-state index in [2.05, 4.69) is 21.4 Å². The van der Waals surface area contributed by atoms with Crippen LogP contribution in [0.2, 0.25) is 0 Å². The summed E-state index contributed by atoms with van der Waals surface area (Å²) in [7, 11) is 6.22. The maximum atomic E-state index is 10.4. The van der Waals surface area contributed by atoms with Gasteiger partial charge in [0.1, 0.15) is 25.2 Å².